The number of anilines is 2. The van der Waals surface area contributed by atoms with E-state index in [4.69, 9.17) is 0 Å². The van der Waals surface area contributed by atoms with Crippen LogP contribution in [0.5, 0.6) is 0 Å². The molecule has 3 amide bonds. The molecule has 2 heterocycles. The zero-order chi connectivity index (χ0) is 17.4. The van der Waals surface area contributed by atoms with Gasteiger partial charge in [0.2, 0.25) is 11.8 Å². The summed E-state index contributed by atoms with van der Waals surface area (Å²) < 4.78 is 0. The standard InChI is InChI=1S/C19H16N2O3S/c22-17(16-9-4-10-25-16)20-12-5-3-6-13(11-12)21-18(23)14-7-1-2-8-15(14)19(21)24/h1-6,9-11,14-15H,7-8H2,(H,20,22)/t14-,15-/m0/s1. The first-order valence-electron chi connectivity index (χ1n) is 8.13. The average Bonchev–Trinajstić information content (AvgIpc) is 3.24. The summed E-state index contributed by atoms with van der Waals surface area (Å²) in [7, 11) is 0. The smallest absolute Gasteiger partial charge is 0.265 e. The number of fused-ring (bicyclic) bond motifs is 1. The average molecular weight is 352 g/mol. The van der Waals surface area contributed by atoms with Crippen LogP contribution < -0.4 is 10.2 Å². The molecule has 0 saturated carbocycles. The van der Waals surface area contributed by atoms with Gasteiger partial charge in [0.05, 0.1) is 22.4 Å². The van der Waals surface area contributed by atoms with Crippen LogP contribution in [-0.2, 0) is 9.59 Å². The minimum Gasteiger partial charge on any atom is -0.321 e. The number of amides is 3. The Balaban J connectivity index is 1.58. The molecule has 2 aliphatic rings. The van der Waals surface area contributed by atoms with Gasteiger partial charge in [-0.1, -0.05) is 24.3 Å². The number of allylic oxidation sites excluding steroid dienone is 2. The van der Waals surface area contributed by atoms with Gasteiger partial charge < -0.3 is 5.32 Å². The van der Waals surface area contributed by atoms with Gasteiger partial charge in [0.15, 0.2) is 0 Å². The number of carbonyl (C=O) groups is 3. The molecule has 25 heavy (non-hydrogen) atoms. The van der Waals surface area contributed by atoms with E-state index in [0.717, 1.165) is 0 Å². The predicted octanol–water partition coefficient (Wildman–Crippen LogP) is 3.46. The van der Waals surface area contributed by atoms with Crippen LogP contribution >= 0.6 is 11.3 Å². The van der Waals surface area contributed by atoms with Crippen LogP contribution in [0.1, 0.15) is 22.5 Å². The first kappa shape index (κ1) is 15.8. The number of benzene rings is 1. The zero-order valence-electron chi connectivity index (χ0n) is 13.3. The molecule has 1 saturated heterocycles. The second-order valence-corrected chi connectivity index (χ2v) is 7.10. The summed E-state index contributed by atoms with van der Waals surface area (Å²) in [6.45, 7) is 0. The highest BCUT2D eigenvalue weighted by molar-refractivity contribution is 7.12. The fourth-order valence-corrected chi connectivity index (χ4v) is 4.00. The molecule has 0 unspecified atom stereocenters. The fourth-order valence-electron chi connectivity index (χ4n) is 3.38. The van der Waals surface area contributed by atoms with Gasteiger partial charge in [-0.2, -0.15) is 0 Å². The van der Waals surface area contributed by atoms with Crippen LogP contribution in [0, 0.1) is 11.8 Å². The maximum Gasteiger partial charge on any atom is 0.265 e. The Labute approximate surface area is 149 Å². The molecule has 0 bridgehead atoms. The molecule has 0 spiro atoms. The minimum atomic E-state index is -0.262. The van der Waals surface area contributed by atoms with Gasteiger partial charge in [-0.15, -0.1) is 11.3 Å². The second-order valence-electron chi connectivity index (χ2n) is 6.15. The molecule has 2 aromatic rings. The molecular weight excluding hydrogens is 336 g/mol. The van der Waals surface area contributed by atoms with Crippen molar-refractivity contribution >= 4 is 40.4 Å². The predicted molar refractivity (Wildman–Crippen MR) is 96.6 cm³/mol. The molecule has 1 N–H and O–H groups in total. The third-order valence-electron chi connectivity index (χ3n) is 4.61. The highest BCUT2D eigenvalue weighted by Gasteiger charge is 2.47. The van der Waals surface area contributed by atoms with E-state index in [9.17, 15) is 14.4 Å². The number of imide groups is 1. The Morgan fingerprint density at radius 3 is 2.40 bits per heavy atom. The quantitative estimate of drug-likeness (QED) is 0.679. The Morgan fingerprint density at radius 1 is 1.04 bits per heavy atom. The van der Waals surface area contributed by atoms with Gasteiger partial charge in [-0.25, -0.2) is 4.90 Å². The van der Waals surface area contributed by atoms with Crippen molar-refractivity contribution in [3.8, 4) is 0 Å². The number of nitrogens with one attached hydrogen (secondary N) is 1. The molecule has 4 rings (SSSR count). The van der Waals surface area contributed by atoms with Crippen molar-refractivity contribution in [2.24, 2.45) is 11.8 Å². The molecule has 1 aliphatic heterocycles. The molecular formula is C19H16N2O3S. The summed E-state index contributed by atoms with van der Waals surface area (Å²) in [4.78, 5) is 39.4. The highest BCUT2D eigenvalue weighted by atomic mass is 32.1. The molecule has 1 aliphatic carbocycles. The van der Waals surface area contributed by atoms with Gasteiger partial charge in [-0.3, -0.25) is 14.4 Å². The van der Waals surface area contributed by atoms with Gasteiger partial charge >= 0.3 is 0 Å². The third kappa shape index (κ3) is 2.78. The van der Waals surface area contributed by atoms with Crippen molar-refractivity contribution in [3.63, 3.8) is 0 Å². The molecule has 1 fully saturated rings. The van der Waals surface area contributed by atoms with E-state index >= 15 is 0 Å². The first-order valence-corrected chi connectivity index (χ1v) is 9.01. The number of hydrogen-bond acceptors (Lipinski definition) is 4. The maximum absolute atomic E-state index is 12.7. The molecule has 2 atom stereocenters. The Morgan fingerprint density at radius 2 is 1.76 bits per heavy atom. The van der Waals surface area contributed by atoms with Crippen LogP contribution in [0.3, 0.4) is 0 Å². The second kappa shape index (κ2) is 6.29. The third-order valence-corrected chi connectivity index (χ3v) is 5.48. The maximum atomic E-state index is 12.7. The topological polar surface area (TPSA) is 66.5 Å². The molecule has 1 aromatic heterocycles. The Kier molecular flexibility index (Phi) is 3.97. The number of rotatable bonds is 3. The van der Waals surface area contributed by atoms with E-state index in [1.54, 1.807) is 30.3 Å². The minimum absolute atomic E-state index is 0.152. The lowest BCUT2D eigenvalue weighted by atomic mass is 9.85. The van der Waals surface area contributed by atoms with E-state index in [0.29, 0.717) is 29.1 Å². The molecule has 0 radical (unpaired) electrons. The molecule has 1 aromatic carbocycles. The van der Waals surface area contributed by atoms with E-state index in [2.05, 4.69) is 5.32 Å². The number of hydrogen-bond donors (Lipinski definition) is 1. The largest absolute Gasteiger partial charge is 0.321 e. The molecule has 126 valence electrons. The van der Waals surface area contributed by atoms with E-state index in [1.807, 2.05) is 23.6 Å². The van der Waals surface area contributed by atoms with Crippen LogP contribution in [-0.4, -0.2) is 17.7 Å². The highest BCUT2D eigenvalue weighted by Crippen LogP contribution is 2.38. The van der Waals surface area contributed by atoms with Crippen molar-refractivity contribution in [2.75, 3.05) is 10.2 Å². The Hall–Kier alpha value is -2.73. The van der Waals surface area contributed by atoms with E-state index < -0.39 is 0 Å². The van der Waals surface area contributed by atoms with E-state index in [1.165, 1.54) is 16.2 Å². The van der Waals surface area contributed by atoms with Crippen molar-refractivity contribution in [3.05, 3.63) is 58.8 Å². The van der Waals surface area contributed by atoms with E-state index in [-0.39, 0.29) is 29.6 Å². The zero-order valence-corrected chi connectivity index (χ0v) is 14.2. The van der Waals surface area contributed by atoms with Crippen LogP contribution in [0.25, 0.3) is 0 Å². The fraction of sp³-hybridized carbons (Fsp3) is 0.211. The first-order chi connectivity index (χ1) is 12.1. The summed E-state index contributed by atoms with van der Waals surface area (Å²) in [6.07, 6.45) is 5.15. The number of nitrogens with zero attached hydrogens (tertiary/aromatic N) is 1. The molecule has 6 heteroatoms. The van der Waals surface area contributed by atoms with Crippen molar-refractivity contribution in [2.45, 2.75) is 12.8 Å². The Bertz CT molecular complexity index is 847. The normalized spacial score (nSPS) is 22.2. The van der Waals surface area contributed by atoms with Crippen LogP contribution in [0.4, 0.5) is 11.4 Å². The van der Waals surface area contributed by atoms with Gasteiger partial charge in [0.25, 0.3) is 5.91 Å². The monoisotopic (exact) mass is 352 g/mol. The summed E-state index contributed by atoms with van der Waals surface area (Å²) in [5.74, 6) is -1.03. The summed E-state index contributed by atoms with van der Waals surface area (Å²) in [5.41, 5.74) is 1.07. The van der Waals surface area contributed by atoms with Crippen molar-refractivity contribution < 1.29 is 14.4 Å². The number of carbonyl (C=O) groups excluding carboxylic acids is 3. The summed E-state index contributed by atoms with van der Waals surface area (Å²) >= 11 is 1.36. The molecule has 5 nitrogen and oxygen atoms in total. The van der Waals surface area contributed by atoms with Gasteiger partial charge in [-0.05, 0) is 42.5 Å². The van der Waals surface area contributed by atoms with Crippen molar-refractivity contribution in [1.82, 2.24) is 0 Å². The van der Waals surface area contributed by atoms with Crippen LogP contribution in [0.15, 0.2) is 53.9 Å². The SMILES string of the molecule is O=C(Nc1cccc(N2C(=O)[C@H]3CC=CC[C@@H]3C2=O)c1)c1cccs1. The lowest BCUT2D eigenvalue weighted by Gasteiger charge is -2.16. The van der Waals surface area contributed by atoms with Gasteiger partial charge in [0.1, 0.15) is 0 Å². The van der Waals surface area contributed by atoms with Gasteiger partial charge in [0, 0.05) is 5.69 Å². The van der Waals surface area contributed by atoms with Crippen molar-refractivity contribution in [1.29, 1.82) is 0 Å². The lowest BCUT2D eigenvalue weighted by Crippen LogP contribution is -2.30. The lowest BCUT2D eigenvalue weighted by molar-refractivity contribution is -0.122. The summed E-state index contributed by atoms with van der Waals surface area (Å²) in [6, 6.07) is 10.4. The van der Waals surface area contributed by atoms with Crippen LogP contribution in [0.2, 0.25) is 0 Å². The number of thiophene rings is 1. The summed E-state index contributed by atoms with van der Waals surface area (Å²) in [5, 5.41) is 4.65.